The number of anilines is 3. The number of nitrogens with one attached hydrogen (secondary N) is 1. The van der Waals surface area contributed by atoms with Gasteiger partial charge in [-0.25, -0.2) is 4.98 Å². The molecule has 2 aromatic heterocycles. The van der Waals surface area contributed by atoms with Crippen molar-refractivity contribution in [3.63, 3.8) is 0 Å². The van der Waals surface area contributed by atoms with E-state index < -0.39 is 11.3 Å². The lowest BCUT2D eigenvalue weighted by Gasteiger charge is -2.26. The van der Waals surface area contributed by atoms with Crippen molar-refractivity contribution in [1.82, 2.24) is 19.4 Å². The molecule has 1 aliphatic rings. The fourth-order valence-electron chi connectivity index (χ4n) is 4.07. The summed E-state index contributed by atoms with van der Waals surface area (Å²) in [6.07, 6.45) is 3.50. The van der Waals surface area contributed by atoms with E-state index in [9.17, 15) is 9.59 Å². The molecule has 5 N–H and O–H groups in total. The number of pyridine rings is 1. The molecule has 3 heterocycles. The zero-order chi connectivity index (χ0) is 23.4. The number of aromatic nitrogens is 3. The van der Waals surface area contributed by atoms with Crippen LogP contribution in [0.15, 0.2) is 35.3 Å². The van der Waals surface area contributed by atoms with E-state index in [0.29, 0.717) is 18.1 Å². The Morgan fingerprint density at radius 1 is 1.21 bits per heavy atom. The van der Waals surface area contributed by atoms with Gasteiger partial charge in [0, 0.05) is 31.5 Å². The topological polar surface area (TPSA) is 141 Å². The van der Waals surface area contributed by atoms with Crippen LogP contribution < -0.4 is 22.2 Å². The van der Waals surface area contributed by atoms with Crippen LogP contribution in [0.2, 0.25) is 0 Å². The third-order valence-corrected chi connectivity index (χ3v) is 5.86. The molecule has 0 spiro atoms. The summed E-state index contributed by atoms with van der Waals surface area (Å²) in [5.74, 6) is -0.530. The zero-order valence-electron chi connectivity index (χ0n) is 18.7. The van der Waals surface area contributed by atoms with E-state index in [4.69, 9.17) is 16.2 Å². The largest absolute Gasteiger partial charge is 0.384 e. The lowest BCUT2D eigenvalue weighted by atomic mass is 10.1. The molecular weight excluding hydrogens is 422 g/mol. The second kappa shape index (κ2) is 9.97. The molecule has 1 saturated heterocycles. The van der Waals surface area contributed by atoms with Gasteiger partial charge >= 0.3 is 0 Å². The summed E-state index contributed by atoms with van der Waals surface area (Å²) >= 11 is 0. The van der Waals surface area contributed by atoms with Gasteiger partial charge in [-0.3, -0.25) is 14.5 Å². The van der Waals surface area contributed by atoms with Crippen molar-refractivity contribution in [2.45, 2.75) is 26.3 Å². The van der Waals surface area contributed by atoms with E-state index in [1.54, 1.807) is 4.57 Å². The van der Waals surface area contributed by atoms with E-state index in [-0.39, 0.29) is 16.8 Å². The maximum atomic E-state index is 12.6. The smallest absolute Gasteiger partial charge is 0.256 e. The number of aryl methyl sites for hydroxylation is 2. The van der Waals surface area contributed by atoms with Crippen LogP contribution in [-0.4, -0.2) is 58.2 Å². The summed E-state index contributed by atoms with van der Waals surface area (Å²) in [5, 5.41) is 3.36. The molecule has 10 nitrogen and oxygen atoms in total. The zero-order valence-corrected chi connectivity index (χ0v) is 18.7. The van der Waals surface area contributed by atoms with E-state index in [1.807, 2.05) is 19.1 Å². The second-order valence-electron chi connectivity index (χ2n) is 8.01. The van der Waals surface area contributed by atoms with Crippen molar-refractivity contribution in [2.75, 3.05) is 43.9 Å². The van der Waals surface area contributed by atoms with Gasteiger partial charge in [0.1, 0.15) is 11.4 Å². The van der Waals surface area contributed by atoms with Gasteiger partial charge in [0.15, 0.2) is 5.65 Å². The number of morpholine rings is 1. The summed E-state index contributed by atoms with van der Waals surface area (Å²) < 4.78 is 6.97. The number of ether oxygens (including phenoxy) is 1. The van der Waals surface area contributed by atoms with Gasteiger partial charge in [0.2, 0.25) is 11.4 Å². The number of fused-ring (bicyclic) bond motifs is 1. The highest BCUT2D eigenvalue weighted by molar-refractivity contribution is 6.00. The Balaban J connectivity index is 1.47. The summed E-state index contributed by atoms with van der Waals surface area (Å²) in [5.41, 5.74) is 13.0. The molecule has 33 heavy (non-hydrogen) atoms. The lowest BCUT2D eigenvalue weighted by molar-refractivity contribution is 0.0374. The molecule has 0 atom stereocenters. The lowest BCUT2D eigenvalue weighted by Crippen LogP contribution is -2.36. The normalized spacial score (nSPS) is 14.5. The highest BCUT2D eigenvalue weighted by Gasteiger charge is 2.20. The van der Waals surface area contributed by atoms with Crippen molar-refractivity contribution < 1.29 is 9.53 Å². The van der Waals surface area contributed by atoms with Crippen LogP contribution in [0.4, 0.5) is 17.5 Å². The number of carbonyl (C=O) groups excluding carboxylic acids is 1. The van der Waals surface area contributed by atoms with E-state index in [0.717, 1.165) is 51.4 Å². The first kappa shape index (κ1) is 22.7. The maximum absolute atomic E-state index is 12.6. The molecule has 1 fully saturated rings. The number of carbonyl (C=O) groups is 1. The van der Waals surface area contributed by atoms with Crippen molar-refractivity contribution >= 4 is 34.4 Å². The fourth-order valence-corrected chi connectivity index (χ4v) is 4.07. The average Bonchev–Trinajstić information content (AvgIpc) is 2.81. The number of nitrogens with two attached hydrogens (primary N) is 2. The summed E-state index contributed by atoms with van der Waals surface area (Å²) in [6.45, 7) is 7.01. The van der Waals surface area contributed by atoms with Crippen LogP contribution in [-0.2, 0) is 17.7 Å². The SMILES string of the molecule is CCn1c(N)c(C(N)=O)c(=O)c2cnc(Nc3ccc(CCCN4CCOCC4)cc3)nc21. The maximum Gasteiger partial charge on any atom is 0.256 e. The van der Waals surface area contributed by atoms with Gasteiger partial charge < -0.3 is 26.1 Å². The number of benzene rings is 1. The van der Waals surface area contributed by atoms with Crippen LogP contribution >= 0.6 is 0 Å². The Labute approximate surface area is 191 Å². The van der Waals surface area contributed by atoms with Crippen LogP contribution in [0, 0.1) is 0 Å². The first-order valence-corrected chi connectivity index (χ1v) is 11.1. The molecule has 1 aliphatic heterocycles. The van der Waals surface area contributed by atoms with Gasteiger partial charge in [0.25, 0.3) is 5.91 Å². The van der Waals surface area contributed by atoms with Crippen LogP contribution in [0.3, 0.4) is 0 Å². The molecule has 0 aliphatic carbocycles. The van der Waals surface area contributed by atoms with Gasteiger partial charge in [-0.1, -0.05) is 12.1 Å². The molecule has 0 unspecified atom stereocenters. The molecule has 0 saturated carbocycles. The molecule has 10 heteroatoms. The van der Waals surface area contributed by atoms with Crippen LogP contribution in [0.1, 0.15) is 29.3 Å². The Morgan fingerprint density at radius 2 is 1.94 bits per heavy atom. The molecule has 4 rings (SSSR count). The highest BCUT2D eigenvalue weighted by atomic mass is 16.5. The monoisotopic (exact) mass is 451 g/mol. The van der Waals surface area contributed by atoms with Crippen LogP contribution in [0.25, 0.3) is 11.0 Å². The van der Waals surface area contributed by atoms with Crippen molar-refractivity contribution in [1.29, 1.82) is 0 Å². The van der Waals surface area contributed by atoms with Gasteiger partial charge in [0.05, 0.1) is 18.6 Å². The third kappa shape index (κ3) is 4.96. The van der Waals surface area contributed by atoms with Crippen molar-refractivity contribution in [3.8, 4) is 0 Å². The summed E-state index contributed by atoms with van der Waals surface area (Å²) in [6, 6.07) is 8.13. The number of hydrogen-bond acceptors (Lipinski definition) is 8. The molecule has 1 amide bonds. The molecule has 3 aromatic rings. The molecule has 0 bridgehead atoms. The number of hydrogen-bond donors (Lipinski definition) is 3. The quantitative estimate of drug-likeness (QED) is 0.468. The number of nitrogens with zero attached hydrogens (tertiary/aromatic N) is 4. The van der Waals surface area contributed by atoms with Crippen LogP contribution in [0.5, 0.6) is 0 Å². The molecular formula is C23H29N7O3. The number of rotatable bonds is 8. The van der Waals surface area contributed by atoms with E-state index >= 15 is 0 Å². The Morgan fingerprint density at radius 3 is 2.61 bits per heavy atom. The van der Waals surface area contributed by atoms with Crippen molar-refractivity contribution in [2.24, 2.45) is 5.73 Å². The fraction of sp³-hybridized carbons (Fsp3) is 0.391. The summed E-state index contributed by atoms with van der Waals surface area (Å²) in [7, 11) is 0. The average molecular weight is 452 g/mol. The molecule has 0 radical (unpaired) electrons. The van der Waals surface area contributed by atoms with Gasteiger partial charge in [-0.2, -0.15) is 4.98 Å². The number of nitrogen functional groups attached to an aromatic ring is 1. The Hall–Kier alpha value is -3.50. The minimum Gasteiger partial charge on any atom is -0.384 e. The van der Waals surface area contributed by atoms with E-state index in [2.05, 4.69) is 32.3 Å². The number of primary amides is 1. The first-order chi connectivity index (χ1) is 16.0. The number of amides is 1. The molecule has 174 valence electrons. The standard InChI is InChI=1S/C23H29N7O3/c1-2-30-20(24)18(21(25)32)19(31)17-14-26-23(28-22(17)30)27-16-7-5-15(6-8-16)4-3-9-29-10-12-33-13-11-29/h5-8,14H,2-4,9-13,24H2,1H3,(H2,25,32)(H,26,27,28). The summed E-state index contributed by atoms with van der Waals surface area (Å²) in [4.78, 5) is 35.5. The highest BCUT2D eigenvalue weighted by Crippen LogP contribution is 2.20. The van der Waals surface area contributed by atoms with Crippen molar-refractivity contribution in [3.05, 3.63) is 51.8 Å². The minimum atomic E-state index is -0.867. The predicted molar refractivity (Wildman–Crippen MR) is 128 cm³/mol. The first-order valence-electron chi connectivity index (χ1n) is 11.1. The minimum absolute atomic E-state index is 0.00795. The predicted octanol–water partition coefficient (Wildman–Crippen LogP) is 1.50. The third-order valence-electron chi connectivity index (χ3n) is 5.86. The van der Waals surface area contributed by atoms with E-state index in [1.165, 1.54) is 11.8 Å². The Bertz CT molecular complexity index is 1200. The van der Waals surface area contributed by atoms with Gasteiger partial charge in [-0.15, -0.1) is 0 Å². The molecule has 1 aromatic carbocycles. The Kier molecular flexibility index (Phi) is 6.85. The second-order valence-corrected chi connectivity index (χ2v) is 8.01. The van der Waals surface area contributed by atoms with Gasteiger partial charge in [-0.05, 0) is 44.0 Å².